The Labute approximate surface area is 169 Å². The molecule has 1 fully saturated rings. The van der Waals surface area contributed by atoms with Gasteiger partial charge in [0.25, 0.3) is 0 Å². The molecule has 5 nitrogen and oxygen atoms in total. The van der Waals surface area contributed by atoms with Crippen molar-refractivity contribution >= 4 is 17.6 Å². The van der Waals surface area contributed by atoms with Gasteiger partial charge in [-0.3, -0.25) is 4.79 Å². The van der Waals surface area contributed by atoms with E-state index in [0.717, 1.165) is 18.9 Å². The maximum atomic E-state index is 13.4. The largest absolute Gasteiger partial charge is 0.343 e. The average Bonchev–Trinajstić information content (AvgIpc) is 2.72. The Hall–Kier alpha value is -2.96. The summed E-state index contributed by atoms with van der Waals surface area (Å²) in [5.74, 6) is -1.12. The standard InChI is InChI=1S/C22H25F2N3O2/c1-3-21(28)27-10-8-20(9-11-27)26(2)22(29)25-19-6-4-15(5-7-19)16-12-17(23)14-18(24)13-16/h4-7,12-14,20H,3,8-11H2,1-2H3,(H,25,29). The molecule has 2 aromatic carbocycles. The zero-order valence-electron chi connectivity index (χ0n) is 16.6. The maximum absolute atomic E-state index is 13.4. The summed E-state index contributed by atoms with van der Waals surface area (Å²) in [7, 11) is 1.75. The smallest absolute Gasteiger partial charge is 0.321 e. The van der Waals surface area contributed by atoms with Crippen molar-refractivity contribution in [2.45, 2.75) is 32.2 Å². The van der Waals surface area contributed by atoms with Crippen molar-refractivity contribution in [3.8, 4) is 11.1 Å². The summed E-state index contributed by atoms with van der Waals surface area (Å²) >= 11 is 0. The van der Waals surface area contributed by atoms with Gasteiger partial charge in [0.2, 0.25) is 5.91 Å². The number of hydrogen-bond donors (Lipinski definition) is 1. The lowest BCUT2D eigenvalue weighted by Gasteiger charge is -2.36. The van der Waals surface area contributed by atoms with E-state index in [9.17, 15) is 18.4 Å². The van der Waals surface area contributed by atoms with Gasteiger partial charge in [-0.1, -0.05) is 19.1 Å². The Morgan fingerprint density at radius 2 is 1.62 bits per heavy atom. The fourth-order valence-electron chi connectivity index (χ4n) is 3.57. The molecule has 0 unspecified atom stereocenters. The molecule has 1 heterocycles. The number of likely N-dealkylation sites (tertiary alicyclic amines) is 1. The number of anilines is 1. The number of halogens is 2. The lowest BCUT2D eigenvalue weighted by atomic mass is 10.0. The molecule has 0 aromatic heterocycles. The number of amides is 3. The third-order valence-corrected chi connectivity index (χ3v) is 5.32. The van der Waals surface area contributed by atoms with Crippen molar-refractivity contribution in [1.82, 2.24) is 9.80 Å². The van der Waals surface area contributed by atoms with Crippen LogP contribution in [0.25, 0.3) is 11.1 Å². The number of nitrogens with zero attached hydrogens (tertiary/aromatic N) is 2. The van der Waals surface area contributed by atoms with E-state index >= 15 is 0 Å². The number of hydrogen-bond acceptors (Lipinski definition) is 2. The zero-order valence-corrected chi connectivity index (χ0v) is 16.6. The first kappa shape index (κ1) is 20.8. The number of urea groups is 1. The normalized spacial score (nSPS) is 14.6. The van der Waals surface area contributed by atoms with Crippen LogP contribution in [0.4, 0.5) is 19.3 Å². The summed E-state index contributed by atoms with van der Waals surface area (Å²) in [6.07, 6.45) is 2.00. The van der Waals surface area contributed by atoms with Gasteiger partial charge in [-0.15, -0.1) is 0 Å². The number of piperidine rings is 1. The maximum Gasteiger partial charge on any atom is 0.321 e. The second kappa shape index (κ2) is 9.03. The first-order valence-electron chi connectivity index (χ1n) is 9.75. The van der Waals surface area contributed by atoms with E-state index in [1.807, 2.05) is 11.8 Å². The monoisotopic (exact) mass is 401 g/mol. The van der Waals surface area contributed by atoms with Crippen molar-refractivity contribution < 1.29 is 18.4 Å². The minimum absolute atomic E-state index is 0.0745. The van der Waals surface area contributed by atoms with Crippen molar-refractivity contribution in [1.29, 1.82) is 0 Å². The second-order valence-electron chi connectivity index (χ2n) is 7.24. The molecule has 1 N–H and O–H groups in total. The first-order valence-corrected chi connectivity index (χ1v) is 9.75. The minimum Gasteiger partial charge on any atom is -0.343 e. The molecular weight excluding hydrogens is 376 g/mol. The van der Waals surface area contributed by atoms with Crippen LogP contribution in [0, 0.1) is 11.6 Å². The van der Waals surface area contributed by atoms with Crippen LogP contribution in [0.3, 0.4) is 0 Å². The summed E-state index contributed by atoms with van der Waals surface area (Å²) < 4.78 is 26.8. The topological polar surface area (TPSA) is 52.7 Å². The molecule has 7 heteroatoms. The Kier molecular flexibility index (Phi) is 6.46. The van der Waals surface area contributed by atoms with Crippen LogP contribution < -0.4 is 5.32 Å². The van der Waals surface area contributed by atoms with E-state index in [-0.39, 0.29) is 18.0 Å². The molecule has 2 aromatic rings. The highest BCUT2D eigenvalue weighted by atomic mass is 19.1. The first-order chi connectivity index (χ1) is 13.9. The van der Waals surface area contributed by atoms with Crippen LogP contribution in [0.15, 0.2) is 42.5 Å². The van der Waals surface area contributed by atoms with Crippen molar-refractivity contribution in [2.24, 2.45) is 0 Å². The zero-order chi connectivity index (χ0) is 21.0. The van der Waals surface area contributed by atoms with Crippen LogP contribution in [-0.2, 0) is 4.79 Å². The molecule has 0 aliphatic carbocycles. The van der Waals surface area contributed by atoms with Gasteiger partial charge in [0, 0.05) is 44.4 Å². The number of nitrogens with one attached hydrogen (secondary N) is 1. The molecule has 0 bridgehead atoms. The third-order valence-electron chi connectivity index (χ3n) is 5.32. The summed E-state index contributed by atoms with van der Waals surface area (Å²) in [6.45, 7) is 3.17. The van der Waals surface area contributed by atoms with E-state index in [4.69, 9.17) is 0 Å². The Morgan fingerprint density at radius 1 is 1.03 bits per heavy atom. The van der Waals surface area contributed by atoms with Gasteiger partial charge < -0.3 is 15.1 Å². The summed E-state index contributed by atoms with van der Waals surface area (Å²) in [5.41, 5.74) is 1.69. The third kappa shape index (κ3) is 5.10. The Balaban J connectivity index is 1.58. The number of carbonyl (C=O) groups is 2. The van der Waals surface area contributed by atoms with Gasteiger partial charge in [0.05, 0.1) is 0 Å². The van der Waals surface area contributed by atoms with Gasteiger partial charge in [-0.25, -0.2) is 13.6 Å². The van der Waals surface area contributed by atoms with Crippen molar-refractivity contribution in [3.05, 3.63) is 54.1 Å². The van der Waals surface area contributed by atoms with Gasteiger partial charge in [0.15, 0.2) is 0 Å². The predicted octanol–water partition coefficient (Wildman–Crippen LogP) is 4.50. The second-order valence-corrected chi connectivity index (χ2v) is 7.24. The van der Waals surface area contributed by atoms with E-state index < -0.39 is 11.6 Å². The predicted molar refractivity (Wildman–Crippen MR) is 108 cm³/mol. The highest BCUT2D eigenvalue weighted by Crippen LogP contribution is 2.24. The fourth-order valence-corrected chi connectivity index (χ4v) is 3.57. The van der Waals surface area contributed by atoms with E-state index in [2.05, 4.69) is 5.32 Å². The molecule has 3 amide bonds. The van der Waals surface area contributed by atoms with Gasteiger partial charge >= 0.3 is 6.03 Å². The lowest BCUT2D eigenvalue weighted by Crippen LogP contribution is -2.48. The molecule has 0 saturated carbocycles. The Bertz CT molecular complexity index is 858. The van der Waals surface area contributed by atoms with E-state index in [1.165, 1.54) is 12.1 Å². The Morgan fingerprint density at radius 3 is 2.17 bits per heavy atom. The summed E-state index contributed by atoms with van der Waals surface area (Å²) in [6, 6.07) is 10.0. The van der Waals surface area contributed by atoms with Crippen LogP contribution in [0.5, 0.6) is 0 Å². The van der Waals surface area contributed by atoms with E-state index in [0.29, 0.717) is 36.3 Å². The lowest BCUT2D eigenvalue weighted by molar-refractivity contribution is -0.132. The summed E-state index contributed by atoms with van der Waals surface area (Å²) in [4.78, 5) is 27.9. The van der Waals surface area contributed by atoms with Crippen LogP contribution >= 0.6 is 0 Å². The van der Waals surface area contributed by atoms with Crippen LogP contribution in [0.1, 0.15) is 26.2 Å². The SMILES string of the molecule is CCC(=O)N1CCC(N(C)C(=O)Nc2ccc(-c3cc(F)cc(F)c3)cc2)CC1. The molecule has 0 radical (unpaired) electrons. The molecule has 3 rings (SSSR count). The molecule has 1 aliphatic rings. The van der Waals surface area contributed by atoms with Crippen molar-refractivity contribution in [2.75, 3.05) is 25.5 Å². The minimum atomic E-state index is -0.634. The number of rotatable bonds is 4. The van der Waals surface area contributed by atoms with Crippen LogP contribution in [-0.4, -0.2) is 47.9 Å². The van der Waals surface area contributed by atoms with Gasteiger partial charge in [0.1, 0.15) is 11.6 Å². The molecule has 1 aliphatic heterocycles. The fraction of sp³-hybridized carbons (Fsp3) is 0.364. The molecule has 0 atom stereocenters. The highest BCUT2D eigenvalue weighted by molar-refractivity contribution is 5.89. The highest BCUT2D eigenvalue weighted by Gasteiger charge is 2.27. The molecular formula is C22H25F2N3O2. The van der Waals surface area contributed by atoms with Crippen LogP contribution in [0.2, 0.25) is 0 Å². The van der Waals surface area contributed by atoms with Crippen molar-refractivity contribution in [3.63, 3.8) is 0 Å². The summed E-state index contributed by atoms with van der Waals surface area (Å²) in [5, 5.41) is 2.84. The molecule has 154 valence electrons. The number of carbonyl (C=O) groups excluding carboxylic acids is 2. The molecule has 0 spiro atoms. The average molecular weight is 401 g/mol. The number of benzene rings is 2. The van der Waals surface area contributed by atoms with Gasteiger partial charge in [-0.05, 0) is 48.2 Å². The molecule has 1 saturated heterocycles. The molecule has 29 heavy (non-hydrogen) atoms. The van der Waals surface area contributed by atoms with E-state index in [1.54, 1.807) is 36.2 Å². The van der Waals surface area contributed by atoms with Gasteiger partial charge in [-0.2, -0.15) is 0 Å². The quantitative estimate of drug-likeness (QED) is 0.820.